The topological polar surface area (TPSA) is 0 Å². The van der Waals surface area contributed by atoms with Crippen LogP contribution in [-0.2, 0) is 0 Å². The van der Waals surface area contributed by atoms with Gasteiger partial charge in [0.2, 0.25) is 0 Å². The van der Waals surface area contributed by atoms with Gasteiger partial charge in [0.05, 0.1) is 0 Å². The first kappa shape index (κ1) is 14.4. The highest BCUT2D eigenvalue weighted by molar-refractivity contribution is 7.10. The molecule has 0 amide bonds. The first-order valence-corrected chi connectivity index (χ1v) is 9.42. The van der Waals surface area contributed by atoms with Gasteiger partial charge in [0.15, 0.2) is 0 Å². The van der Waals surface area contributed by atoms with Gasteiger partial charge in [-0.05, 0) is 51.4 Å². The lowest BCUT2D eigenvalue weighted by Crippen LogP contribution is -1.81. The van der Waals surface area contributed by atoms with Gasteiger partial charge in [0, 0.05) is 16.0 Å². The molecule has 0 radical (unpaired) electrons. The fourth-order valence-corrected chi connectivity index (χ4v) is 4.46. The Labute approximate surface area is 144 Å². The predicted octanol–water partition coefficient (Wildman–Crippen LogP) is 7.12. The molecule has 4 rings (SSSR count). The first-order valence-electron chi connectivity index (χ1n) is 7.59. The third kappa shape index (κ3) is 2.76. The zero-order valence-corrected chi connectivity index (χ0v) is 14.5. The molecule has 2 heteroatoms. The van der Waals surface area contributed by atoms with Crippen molar-refractivity contribution in [3.63, 3.8) is 0 Å². The summed E-state index contributed by atoms with van der Waals surface area (Å²) in [6.45, 7) is 2.18. The van der Waals surface area contributed by atoms with Crippen LogP contribution in [0.15, 0.2) is 76.8 Å². The van der Waals surface area contributed by atoms with Crippen molar-refractivity contribution in [2.24, 2.45) is 0 Å². The van der Waals surface area contributed by atoms with E-state index in [9.17, 15) is 0 Å². The van der Waals surface area contributed by atoms with Gasteiger partial charge >= 0.3 is 0 Å². The standard InChI is InChI=1S/C21H16S2/c1-15-19(11-12-23-15)17-7-9-18(10-8-17)21-14-22-13-20(21)16-5-3-2-4-6-16/h2-14H,1H3. The van der Waals surface area contributed by atoms with Gasteiger partial charge in [0.1, 0.15) is 0 Å². The zero-order chi connectivity index (χ0) is 15.6. The second-order valence-electron chi connectivity index (χ2n) is 5.53. The highest BCUT2D eigenvalue weighted by atomic mass is 32.1. The Balaban J connectivity index is 1.73. The summed E-state index contributed by atoms with van der Waals surface area (Å²) in [6, 6.07) is 21.7. The quantitative estimate of drug-likeness (QED) is 0.375. The normalized spacial score (nSPS) is 10.8. The molecule has 0 aliphatic rings. The number of aryl methyl sites for hydroxylation is 1. The molecule has 0 saturated carbocycles. The maximum Gasteiger partial charge on any atom is 0.00925 e. The smallest absolute Gasteiger partial charge is 0.00925 e. The fraction of sp³-hybridized carbons (Fsp3) is 0.0476. The lowest BCUT2D eigenvalue weighted by molar-refractivity contribution is 1.58. The average molecular weight is 332 g/mol. The first-order chi connectivity index (χ1) is 11.3. The van der Waals surface area contributed by atoms with Crippen LogP contribution in [0.5, 0.6) is 0 Å². The van der Waals surface area contributed by atoms with Crippen LogP contribution in [-0.4, -0.2) is 0 Å². The summed E-state index contributed by atoms with van der Waals surface area (Å²) < 4.78 is 0. The zero-order valence-electron chi connectivity index (χ0n) is 12.8. The molecule has 0 bridgehead atoms. The molecule has 0 nitrogen and oxygen atoms in total. The summed E-state index contributed by atoms with van der Waals surface area (Å²) in [7, 11) is 0. The summed E-state index contributed by atoms with van der Waals surface area (Å²) in [4.78, 5) is 1.37. The average Bonchev–Trinajstić information content (AvgIpc) is 3.25. The molecule has 0 aliphatic heterocycles. The lowest BCUT2D eigenvalue weighted by Gasteiger charge is -2.07. The monoisotopic (exact) mass is 332 g/mol. The van der Waals surface area contributed by atoms with E-state index in [-0.39, 0.29) is 0 Å². The Hall–Kier alpha value is -2.16. The van der Waals surface area contributed by atoms with E-state index in [0.29, 0.717) is 0 Å². The largest absolute Gasteiger partial charge is 0.151 e. The van der Waals surface area contributed by atoms with Crippen LogP contribution in [0.1, 0.15) is 4.88 Å². The number of rotatable bonds is 3. The lowest BCUT2D eigenvalue weighted by atomic mass is 9.97. The van der Waals surface area contributed by atoms with Gasteiger partial charge in [-0.3, -0.25) is 0 Å². The molecule has 0 fully saturated rings. The number of hydrogen-bond donors (Lipinski definition) is 0. The van der Waals surface area contributed by atoms with E-state index in [2.05, 4.69) is 83.7 Å². The van der Waals surface area contributed by atoms with Crippen LogP contribution in [0, 0.1) is 6.92 Å². The van der Waals surface area contributed by atoms with E-state index in [1.807, 2.05) is 0 Å². The minimum absolute atomic E-state index is 1.28. The van der Waals surface area contributed by atoms with Crippen molar-refractivity contribution in [2.75, 3.05) is 0 Å². The number of thiophene rings is 2. The molecule has 0 atom stereocenters. The molecule has 112 valence electrons. The Morgan fingerprint density at radius 1 is 0.609 bits per heavy atom. The summed E-state index contributed by atoms with van der Waals surface area (Å²) in [5.41, 5.74) is 7.83. The van der Waals surface area contributed by atoms with Crippen LogP contribution in [0.25, 0.3) is 33.4 Å². The SMILES string of the molecule is Cc1sccc1-c1ccc(-c2cscc2-c2ccccc2)cc1. The number of benzene rings is 2. The summed E-state index contributed by atoms with van der Waals surface area (Å²) in [5.74, 6) is 0. The minimum atomic E-state index is 1.28. The van der Waals surface area contributed by atoms with E-state index in [1.165, 1.54) is 38.3 Å². The molecular weight excluding hydrogens is 316 g/mol. The molecule has 2 aromatic heterocycles. The third-order valence-corrected chi connectivity index (χ3v) is 5.70. The minimum Gasteiger partial charge on any atom is -0.151 e. The van der Waals surface area contributed by atoms with Crippen molar-refractivity contribution in [3.05, 3.63) is 81.7 Å². The van der Waals surface area contributed by atoms with Crippen LogP contribution in [0.3, 0.4) is 0 Å². The summed E-state index contributed by atoms with van der Waals surface area (Å²) >= 11 is 3.56. The molecule has 0 unspecified atom stereocenters. The van der Waals surface area contributed by atoms with Crippen molar-refractivity contribution >= 4 is 22.7 Å². The maximum absolute atomic E-state index is 2.24. The van der Waals surface area contributed by atoms with E-state index < -0.39 is 0 Å². The Morgan fingerprint density at radius 3 is 1.74 bits per heavy atom. The van der Waals surface area contributed by atoms with Gasteiger partial charge in [-0.2, -0.15) is 11.3 Å². The molecule has 2 heterocycles. The Bertz CT molecular complexity index is 912. The van der Waals surface area contributed by atoms with Gasteiger partial charge in [-0.1, -0.05) is 54.6 Å². The summed E-state index contributed by atoms with van der Waals surface area (Å²) in [5, 5.41) is 6.64. The molecule has 0 aliphatic carbocycles. The van der Waals surface area contributed by atoms with E-state index in [1.54, 1.807) is 22.7 Å². The molecule has 23 heavy (non-hydrogen) atoms. The van der Waals surface area contributed by atoms with E-state index >= 15 is 0 Å². The highest BCUT2D eigenvalue weighted by Crippen LogP contribution is 2.36. The molecule has 4 aromatic rings. The molecule has 0 N–H and O–H groups in total. The van der Waals surface area contributed by atoms with Crippen LogP contribution >= 0.6 is 22.7 Å². The second kappa shape index (κ2) is 6.15. The van der Waals surface area contributed by atoms with Crippen molar-refractivity contribution in [3.8, 4) is 33.4 Å². The van der Waals surface area contributed by atoms with Crippen molar-refractivity contribution in [1.29, 1.82) is 0 Å². The summed E-state index contributed by atoms with van der Waals surface area (Å²) in [6.07, 6.45) is 0. The third-order valence-electron chi connectivity index (χ3n) is 4.11. The van der Waals surface area contributed by atoms with Crippen molar-refractivity contribution < 1.29 is 0 Å². The fourth-order valence-electron chi connectivity index (χ4n) is 2.88. The number of hydrogen-bond acceptors (Lipinski definition) is 2. The van der Waals surface area contributed by atoms with Gasteiger partial charge < -0.3 is 0 Å². The highest BCUT2D eigenvalue weighted by Gasteiger charge is 2.09. The Kier molecular flexibility index (Phi) is 3.86. The van der Waals surface area contributed by atoms with Gasteiger partial charge in [0.25, 0.3) is 0 Å². The van der Waals surface area contributed by atoms with Crippen LogP contribution < -0.4 is 0 Å². The van der Waals surface area contributed by atoms with Crippen LogP contribution in [0.4, 0.5) is 0 Å². The van der Waals surface area contributed by atoms with Crippen molar-refractivity contribution in [1.82, 2.24) is 0 Å². The molecular formula is C21H16S2. The van der Waals surface area contributed by atoms with Crippen molar-refractivity contribution in [2.45, 2.75) is 6.92 Å². The maximum atomic E-state index is 2.24. The molecule has 0 spiro atoms. The van der Waals surface area contributed by atoms with Gasteiger partial charge in [-0.25, -0.2) is 0 Å². The van der Waals surface area contributed by atoms with E-state index in [4.69, 9.17) is 0 Å². The van der Waals surface area contributed by atoms with E-state index in [0.717, 1.165) is 0 Å². The second-order valence-corrected chi connectivity index (χ2v) is 7.40. The Morgan fingerprint density at radius 2 is 1.17 bits per heavy atom. The van der Waals surface area contributed by atoms with Crippen LogP contribution in [0.2, 0.25) is 0 Å². The predicted molar refractivity (Wildman–Crippen MR) is 103 cm³/mol. The van der Waals surface area contributed by atoms with Gasteiger partial charge in [-0.15, -0.1) is 11.3 Å². The molecule has 0 saturated heterocycles. The molecule has 2 aromatic carbocycles.